The van der Waals surface area contributed by atoms with Crippen LogP contribution in [0.15, 0.2) is 0 Å². The minimum Gasteiger partial charge on any atom is -0.550 e. The van der Waals surface area contributed by atoms with Crippen molar-refractivity contribution in [1.29, 1.82) is 0 Å². The predicted molar refractivity (Wildman–Crippen MR) is 52.3 cm³/mol. The van der Waals surface area contributed by atoms with Gasteiger partial charge in [0.2, 0.25) is 0 Å². The normalized spacial score (nSPS) is 5.26. The molecule has 0 fully saturated rings. The minimum absolute atomic E-state index is 0. The van der Waals surface area contributed by atoms with E-state index in [9.17, 15) is 0 Å². The Balaban J connectivity index is -0.0000000192. The van der Waals surface area contributed by atoms with Crippen LogP contribution in [0.2, 0.25) is 0 Å². The standard InChI is InChI=1S/4C2H4O2.Fe.H3N.H2O/c4*1-2(3)4;;;/h4*1H3,(H,3,4);;1H3;1H2/q;;;;+3;;/p-3. The number of carboxylic acid groups (broad SMARTS) is 4. The molecule has 10 nitrogen and oxygen atoms in total. The maximum atomic E-state index is 8.89. The van der Waals surface area contributed by atoms with Gasteiger partial charge in [0.1, 0.15) is 0 Å². The van der Waals surface area contributed by atoms with E-state index in [0.29, 0.717) is 0 Å². The summed E-state index contributed by atoms with van der Waals surface area (Å²) in [6, 6.07) is 0. The molecule has 0 saturated heterocycles. The Labute approximate surface area is 120 Å². The first-order chi connectivity index (χ1) is 6.93. The van der Waals surface area contributed by atoms with Gasteiger partial charge in [0.05, 0.1) is 0 Å². The molecular formula is C8H18FeNO9. The number of quaternary nitrogens is 1. The summed E-state index contributed by atoms with van der Waals surface area (Å²) in [5.74, 6) is -4.33. The number of carboxylic acids is 4. The van der Waals surface area contributed by atoms with Crippen LogP contribution >= 0.6 is 0 Å². The van der Waals surface area contributed by atoms with Gasteiger partial charge in [-0.25, -0.2) is 0 Å². The Kier molecular flexibility index (Phi) is 82.0. The topological polar surface area (TPSA) is 229 Å². The van der Waals surface area contributed by atoms with Gasteiger partial charge in [-0.05, 0) is 27.7 Å². The molecule has 11 heteroatoms. The van der Waals surface area contributed by atoms with E-state index in [-0.39, 0.29) is 28.7 Å². The predicted octanol–water partition coefficient (Wildman–Crippen LogP) is -5.43. The summed E-state index contributed by atoms with van der Waals surface area (Å²) in [6.45, 7) is 3.89. The van der Waals surface area contributed by atoms with Gasteiger partial charge >= 0.3 is 17.1 Å². The van der Waals surface area contributed by atoms with Crippen molar-refractivity contribution in [3.8, 4) is 0 Å². The summed E-state index contributed by atoms with van der Waals surface area (Å²) < 4.78 is 0. The molecule has 0 aromatic carbocycles. The second kappa shape index (κ2) is 36.0. The van der Waals surface area contributed by atoms with Gasteiger partial charge in [0.25, 0.3) is 0 Å². The maximum Gasteiger partial charge on any atom is 3.00 e. The quantitative estimate of drug-likeness (QED) is 0.420. The van der Waals surface area contributed by atoms with Crippen molar-refractivity contribution in [1.82, 2.24) is 6.15 Å². The van der Waals surface area contributed by atoms with Crippen molar-refractivity contribution in [2.45, 2.75) is 27.7 Å². The Morgan fingerprint density at radius 3 is 0.579 bits per heavy atom. The number of carbonyl (C=O) groups is 4. The van der Waals surface area contributed by atoms with Crippen LogP contribution in [-0.4, -0.2) is 29.4 Å². The Bertz CT molecular complexity index is 168. The van der Waals surface area contributed by atoms with Crippen molar-refractivity contribution in [2.75, 3.05) is 0 Å². The zero-order valence-corrected chi connectivity index (χ0v) is 12.2. The molecule has 0 atom stereocenters. The Hall–Kier alpha value is -1.68. The summed E-state index contributed by atoms with van der Waals surface area (Å²) in [6.07, 6.45) is 0. The fourth-order valence-corrected chi connectivity index (χ4v) is 0. The third kappa shape index (κ3) is 1180. The van der Waals surface area contributed by atoms with Gasteiger partial charge in [0.15, 0.2) is 0 Å². The summed E-state index contributed by atoms with van der Waals surface area (Å²) in [5.41, 5.74) is 0. The monoisotopic (exact) mass is 328 g/mol. The molecule has 0 saturated carbocycles. The SMILES string of the molecule is CC(=O)[O-].CC(=O)[O-].CC(=O)[O-].CC(=O)[O-].O.[Fe+3].[NH4+]. The van der Waals surface area contributed by atoms with E-state index in [4.69, 9.17) is 39.6 Å². The molecule has 117 valence electrons. The van der Waals surface area contributed by atoms with Crippen molar-refractivity contribution < 1.29 is 62.1 Å². The zero-order chi connectivity index (χ0) is 14.3. The summed E-state index contributed by atoms with van der Waals surface area (Å²) in [7, 11) is 0. The second-order valence-corrected chi connectivity index (χ2v) is 1.97. The van der Waals surface area contributed by atoms with Gasteiger partial charge in [-0.15, -0.1) is 0 Å². The molecule has 0 bridgehead atoms. The first-order valence-electron chi connectivity index (χ1n) is 3.63. The van der Waals surface area contributed by atoms with Crippen molar-refractivity contribution >= 4 is 23.9 Å². The minimum atomic E-state index is -1.08. The Morgan fingerprint density at radius 2 is 0.579 bits per heavy atom. The van der Waals surface area contributed by atoms with Crippen molar-refractivity contribution in [3.63, 3.8) is 0 Å². The van der Waals surface area contributed by atoms with Crippen LogP contribution in [0.3, 0.4) is 0 Å². The average molecular weight is 328 g/mol. The first kappa shape index (κ1) is 43.3. The summed E-state index contributed by atoms with van der Waals surface area (Å²) in [5, 5.41) is 35.6. The molecular weight excluding hydrogens is 310 g/mol. The van der Waals surface area contributed by atoms with E-state index in [2.05, 4.69) is 0 Å². The van der Waals surface area contributed by atoms with E-state index in [1.807, 2.05) is 0 Å². The van der Waals surface area contributed by atoms with Crippen LogP contribution in [0.1, 0.15) is 27.7 Å². The van der Waals surface area contributed by atoms with Crippen LogP contribution in [-0.2, 0) is 36.2 Å². The third-order valence-corrected chi connectivity index (χ3v) is 0. The van der Waals surface area contributed by atoms with Crippen molar-refractivity contribution in [3.05, 3.63) is 0 Å². The molecule has 0 heterocycles. The van der Waals surface area contributed by atoms with Crippen LogP contribution in [0, 0.1) is 0 Å². The van der Waals surface area contributed by atoms with Gasteiger partial charge in [-0.2, -0.15) is 0 Å². The number of carbonyl (C=O) groups excluding carboxylic acids is 4. The summed E-state index contributed by atoms with van der Waals surface area (Å²) in [4.78, 5) is 35.6. The van der Waals surface area contributed by atoms with E-state index in [0.717, 1.165) is 27.7 Å². The number of aliphatic carboxylic acids is 4. The molecule has 6 N–H and O–H groups in total. The molecule has 0 aliphatic rings. The van der Waals surface area contributed by atoms with Gasteiger partial charge in [0, 0.05) is 23.9 Å². The number of hydrogen-bond donors (Lipinski definition) is 1. The molecule has 1 radical (unpaired) electrons. The molecule has 0 aliphatic heterocycles. The Morgan fingerprint density at radius 1 is 0.579 bits per heavy atom. The largest absolute Gasteiger partial charge is 3.00 e. The fraction of sp³-hybridized carbons (Fsp3) is 0.500. The van der Waals surface area contributed by atoms with Crippen molar-refractivity contribution in [2.24, 2.45) is 0 Å². The van der Waals surface area contributed by atoms with Gasteiger partial charge in [-0.1, -0.05) is 0 Å². The van der Waals surface area contributed by atoms with E-state index in [1.165, 1.54) is 0 Å². The van der Waals surface area contributed by atoms with Gasteiger partial charge in [-0.3, -0.25) is 0 Å². The third-order valence-electron chi connectivity index (χ3n) is 0. The number of rotatable bonds is 0. The zero-order valence-electron chi connectivity index (χ0n) is 11.1. The van der Waals surface area contributed by atoms with Crippen LogP contribution in [0.5, 0.6) is 0 Å². The van der Waals surface area contributed by atoms with Crippen LogP contribution in [0.4, 0.5) is 0 Å². The molecule has 0 amide bonds. The first-order valence-corrected chi connectivity index (χ1v) is 3.63. The fourth-order valence-electron chi connectivity index (χ4n) is 0. The smallest absolute Gasteiger partial charge is 0.550 e. The van der Waals surface area contributed by atoms with Gasteiger partial charge < -0.3 is 51.2 Å². The summed E-state index contributed by atoms with van der Waals surface area (Å²) >= 11 is 0. The average Bonchev–Trinajstić information content (AvgIpc) is 1.76. The van der Waals surface area contributed by atoms with E-state index in [1.54, 1.807) is 0 Å². The molecule has 0 aromatic heterocycles. The van der Waals surface area contributed by atoms with Crippen LogP contribution in [0.25, 0.3) is 0 Å². The molecule has 0 unspecified atom stereocenters. The van der Waals surface area contributed by atoms with E-state index < -0.39 is 23.9 Å². The molecule has 0 rings (SSSR count). The maximum absolute atomic E-state index is 8.89. The van der Waals surface area contributed by atoms with Crippen LogP contribution < -0.4 is 26.6 Å². The molecule has 0 spiro atoms. The molecule has 0 aromatic rings. The van der Waals surface area contributed by atoms with E-state index >= 15 is 0 Å². The second-order valence-electron chi connectivity index (χ2n) is 1.97. The molecule has 0 aliphatic carbocycles. The number of hydrogen-bond acceptors (Lipinski definition) is 8. The molecule has 19 heavy (non-hydrogen) atoms.